The van der Waals surface area contributed by atoms with E-state index >= 15 is 0 Å². The highest BCUT2D eigenvalue weighted by Crippen LogP contribution is 2.15. The summed E-state index contributed by atoms with van der Waals surface area (Å²) in [5.41, 5.74) is 0.200. The Labute approximate surface area is 103 Å². The van der Waals surface area contributed by atoms with Crippen LogP contribution in [0, 0.1) is 11.6 Å². The van der Waals surface area contributed by atoms with Gasteiger partial charge in [-0.05, 0) is 24.3 Å². The van der Waals surface area contributed by atoms with Gasteiger partial charge in [-0.3, -0.25) is 4.79 Å². The van der Waals surface area contributed by atoms with Crippen molar-refractivity contribution in [3.05, 3.63) is 65.7 Å². The van der Waals surface area contributed by atoms with Crippen LogP contribution in [0.5, 0.6) is 5.75 Å². The zero-order valence-corrected chi connectivity index (χ0v) is 9.40. The van der Waals surface area contributed by atoms with Crippen molar-refractivity contribution in [3.63, 3.8) is 0 Å². The van der Waals surface area contributed by atoms with Crippen LogP contribution in [0.25, 0.3) is 0 Å². The van der Waals surface area contributed by atoms with Gasteiger partial charge in [0.05, 0.1) is 0 Å². The van der Waals surface area contributed by atoms with E-state index in [1.807, 2.05) is 0 Å². The smallest absolute Gasteiger partial charge is 0.200 e. The largest absolute Gasteiger partial charge is 0.482 e. The minimum atomic E-state index is -0.537. The number of ether oxygens (including phenoxy) is 1. The summed E-state index contributed by atoms with van der Waals surface area (Å²) in [6.07, 6.45) is 0. The second kappa shape index (κ2) is 5.40. The van der Waals surface area contributed by atoms with Crippen LogP contribution in [0.3, 0.4) is 0 Å². The minimum absolute atomic E-state index is 0.00209. The van der Waals surface area contributed by atoms with Crippen molar-refractivity contribution in [2.24, 2.45) is 0 Å². The molecule has 0 aliphatic heterocycles. The number of halogens is 2. The monoisotopic (exact) mass is 248 g/mol. The fourth-order valence-electron chi connectivity index (χ4n) is 1.45. The Balaban J connectivity index is 2.03. The quantitative estimate of drug-likeness (QED) is 0.776. The van der Waals surface area contributed by atoms with Crippen molar-refractivity contribution >= 4 is 5.78 Å². The number of rotatable bonds is 4. The van der Waals surface area contributed by atoms with Crippen LogP contribution in [0.2, 0.25) is 0 Å². The van der Waals surface area contributed by atoms with E-state index < -0.39 is 17.4 Å². The van der Waals surface area contributed by atoms with Gasteiger partial charge in [-0.2, -0.15) is 0 Å². The number of hydrogen-bond acceptors (Lipinski definition) is 2. The number of carbonyl (C=O) groups excluding carboxylic acids is 1. The number of Topliss-reactive ketones (excluding diaryl/α,β-unsaturated/α-hetero) is 1. The van der Waals surface area contributed by atoms with Crippen molar-refractivity contribution in [3.8, 4) is 5.75 Å². The molecule has 2 rings (SSSR count). The van der Waals surface area contributed by atoms with Gasteiger partial charge in [0, 0.05) is 5.56 Å². The Kier molecular flexibility index (Phi) is 3.67. The van der Waals surface area contributed by atoms with Crippen molar-refractivity contribution in [2.75, 3.05) is 6.61 Å². The van der Waals surface area contributed by atoms with Crippen molar-refractivity contribution in [2.45, 2.75) is 0 Å². The molecule has 0 aromatic heterocycles. The second-order valence-electron chi connectivity index (χ2n) is 3.65. The third kappa shape index (κ3) is 2.91. The number of hydrogen-bond donors (Lipinski definition) is 0. The molecule has 0 unspecified atom stereocenters. The lowest BCUT2D eigenvalue weighted by atomic mass is 10.1. The molecule has 2 aromatic rings. The number of para-hydroxylation sites is 1. The Hall–Kier alpha value is -2.23. The van der Waals surface area contributed by atoms with E-state index in [2.05, 4.69) is 0 Å². The Bertz CT molecular complexity index is 567. The number of carbonyl (C=O) groups is 1. The summed E-state index contributed by atoms with van der Waals surface area (Å²) in [5, 5.41) is 0. The Morgan fingerprint density at radius 1 is 1.06 bits per heavy atom. The van der Waals surface area contributed by atoms with Crippen LogP contribution in [0.1, 0.15) is 10.4 Å². The maximum Gasteiger partial charge on any atom is 0.200 e. The van der Waals surface area contributed by atoms with E-state index in [9.17, 15) is 13.6 Å². The van der Waals surface area contributed by atoms with Gasteiger partial charge in [0.1, 0.15) is 5.82 Å². The minimum Gasteiger partial charge on any atom is -0.482 e. The molecule has 0 amide bonds. The fourth-order valence-corrected chi connectivity index (χ4v) is 1.45. The fraction of sp³-hybridized carbons (Fsp3) is 0.0714. The zero-order chi connectivity index (χ0) is 13.0. The maximum atomic E-state index is 13.2. The lowest BCUT2D eigenvalue weighted by molar-refractivity contribution is 0.0918. The summed E-state index contributed by atoms with van der Waals surface area (Å²) in [7, 11) is 0. The van der Waals surface area contributed by atoms with E-state index in [4.69, 9.17) is 4.74 Å². The van der Waals surface area contributed by atoms with Gasteiger partial charge in [0.15, 0.2) is 24.0 Å². The SMILES string of the molecule is O=C(COc1ccccc1F)c1cccc(F)c1. The third-order valence-electron chi connectivity index (χ3n) is 2.34. The first-order valence-corrected chi connectivity index (χ1v) is 5.33. The average molecular weight is 248 g/mol. The van der Waals surface area contributed by atoms with Gasteiger partial charge in [0.2, 0.25) is 0 Å². The Morgan fingerprint density at radius 3 is 2.56 bits per heavy atom. The predicted molar refractivity (Wildman–Crippen MR) is 62.6 cm³/mol. The molecular weight excluding hydrogens is 238 g/mol. The highest BCUT2D eigenvalue weighted by atomic mass is 19.1. The summed E-state index contributed by atoms with van der Waals surface area (Å²) in [4.78, 5) is 11.7. The topological polar surface area (TPSA) is 26.3 Å². The van der Waals surface area contributed by atoms with Crippen molar-refractivity contribution < 1.29 is 18.3 Å². The predicted octanol–water partition coefficient (Wildman–Crippen LogP) is 3.23. The van der Waals surface area contributed by atoms with Crippen LogP contribution in [0.15, 0.2) is 48.5 Å². The molecule has 0 bridgehead atoms. The molecular formula is C14H10F2O2. The van der Waals surface area contributed by atoms with Crippen molar-refractivity contribution in [1.82, 2.24) is 0 Å². The van der Waals surface area contributed by atoms with Gasteiger partial charge in [-0.1, -0.05) is 24.3 Å². The number of ketones is 1. The third-order valence-corrected chi connectivity index (χ3v) is 2.34. The van der Waals surface area contributed by atoms with Crippen LogP contribution in [-0.2, 0) is 0 Å². The van der Waals surface area contributed by atoms with Crippen molar-refractivity contribution in [1.29, 1.82) is 0 Å². The molecule has 4 heteroatoms. The van der Waals surface area contributed by atoms with Gasteiger partial charge >= 0.3 is 0 Å². The molecule has 0 N–H and O–H groups in total. The van der Waals surface area contributed by atoms with E-state index in [0.29, 0.717) is 0 Å². The first-order chi connectivity index (χ1) is 8.66. The molecule has 0 aliphatic carbocycles. The van der Waals surface area contributed by atoms with E-state index in [1.54, 1.807) is 6.07 Å². The zero-order valence-electron chi connectivity index (χ0n) is 9.40. The van der Waals surface area contributed by atoms with Crippen LogP contribution < -0.4 is 4.74 Å². The molecule has 92 valence electrons. The molecule has 0 heterocycles. The normalized spacial score (nSPS) is 10.1. The molecule has 18 heavy (non-hydrogen) atoms. The summed E-state index contributed by atoms with van der Waals surface area (Å²) in [6, 6.07) is 11.1. The summed E-state index contributed by atoms with van der Waals surface area (Å²) >= 11 is 0. The average Bonchev–Trinajstić information content (AvgIpc) is 2.37. The summed E-state index contributed by atoms with van der Waals surface area (Å²) in [5.74, 6) is -1.43. The molecule has 2 aromatic carbocycles. The highest BCUT2D eigenvalue weighted by molar-refractivity contribution is 5.97. The highest BCUT2D eigenvalue weighted by Gasteiger charge is 2.09. The second-order valence-corrected chi connectivity index (χ2v) is 3.65. The molecule has 0 atom stereocenters. The van der Waals surface area contributed by atoms with E-state index in [1.165, 1.54) is 36.4 Å². The Morgan fingerprint density at radius 2 is 1.83 bits per heavy atom. The van der Waals surface area contributed by atoms with Gasteiger partial charge in [0.25, 0.3) is 0 Å². The molecule has 0 saturated heterocycles. The molecule has 0 spiro atoms. The lowest BCUT2D eigenvalue weighted by Gasteiger charge is -2.06. The maximum absolute atomic E-state index is 13.2. The molecule has 0 fully saturated rings. The lowest BCUT2D eigenvalue weighted by Crippen LogP contribution is -2.12. The van der Waals surface area contributed by atoms with Gasteiger partial charge in [-0.25, -0.2) is 8.78 Å². The molecule has 2 nitrogen and oxygen atoms in total. The molecule has 0 aliphatic rings. The first-order valence-electron chi connectivity index (χ1n) is 5.33. The molecule has 0 radical (unpaired) electrons. The number of benzene rings is 2. The van der Waals surface area contributed by atoms with E-state index in [-0.39, 0.29) is 17.9 Å². The van der Waals surface area contributed by atoms with Gasteiger partial charge < -0.3 is 4.74 Å². The first kappa shape index (κ1) is 12.2. The molecule has 0 saturated carbocycles. The standard InChI is InChI=1S/C14H10F2O2/c15-11-5-3-4-10(8-11)13(17)9-18-14-7-2-1-6-12(14)16/h1-8H,9H2. The summed E-state index contributed by atoms with van der Waals surface area (Å²) in [6.45, 7) is -0.329. The van der Waals surface area contributed by atoms with Gasteiger partial charge in [-0.15, -0.1) is 0 Å². The summed E-state index contributed by atoms with van der Waals surface area (Å²) < 4.78 is 31.2. The van der Waals surface area contributed by atoms with Crippen LogP contribution in [-0.4, -0.2) is 12.4 Å². The van der Waals surface area contributed by atoms with Crippen LogP contribution in [0.4, 0.5) is 8.78 Å². The van der Waals surface area contributed by atoms with Crippen LogP contribution >= 0.6 is 0 Å². The van der Waals surface area contributed by atoms with E-state index in [0.717, 1.165) is 6.07 Å².